The van der Waals surface area contributed by atoms with Crippen molar-refractivity contribution in [1.29, 1.82) is 0 Å². The van der Waals surface area contributed by atoms with Gasteiger partial charge in [-0.25, -0.2) is 0 Å². The SMILES string of the molecule is CCC1CSC(c2ccc(OC(F)F)cc2)N1. The second-order valence-corrected chi connectivity index (χ2v) is 5.07. The Bertz CT molecular complexity index is 358. The highest BCUT2D eigenvalue weighted by molar-refractivity contribution is 7.99. The van der Waals surface area contributed by atoms with E-state index in [0.29, 0.717) is 6.04 Å². The molecule has 94 valence electrons. The fourth-order valence-electron chi connectivity index (χ4n) is 1.77. The van der Waals surface area contributed by atoms with Gasteiger partial charge in [0.1, 0.15) is 5.75 Å². The van der Waals surface area contributed by atoms with Gasteiger partial charge in [-0.3, -0.25) is 5.32 Å². The Labute approximate surface area is 104 Å². The summed E-state index contributed by atoms with van der Waals surface area (Å²) < 4.78 is 28.3. The van der Waals surface area contributed by atoms with Crippen molar-refractivity contribution in [2.45, 2.75) is 31.4 Å². The number of rotatable bonds is 4. The van der Waals surface area contributed by atoms with Crippen LogP contribution in [0.2, 0.25) is 0 Å². The van der Waals surface area contributed by atoms with E-state index in [0.717, 1.165) is 17.7 Å². The summed E-state index contributed by atoms with van der Waals surface area (Å²) in [7, 11) is 0. The maximum atomic E-state index is 12.0. The summed E-state index contributed by atoms with van der Waals surface area (Å²) >= 11 is 1.85. The zero-order valence-corrected chi connectivity index (χ0v) is 10.3. The number of hydrogen-bond acceptors (Lipinski definition) is 3. The fraction of sp³-hybridized carbons (Fsp3) is 0.500. The molecule has 1 aliphatic heterocycles. The first-order chi connectivity index (χ1) is 8.19. The van der Waals surface area contributed by atoms with E-state index in [1.165, 1.54) is 0 Å². The van der Waals surface area contributed by atoms with Gasteiger partial charge in [-0.1, -0.05) is 19.1 Å². The van der Waals surface area contributed by atoms with Crippen LogP contribution in [0, 0.1) is 0 Å². The number of alkyl halides is 2. The van der Waals surface area contributed by atoms with E-state index >= 15 is 0 Å². The Kier molecular flexibility index (Phi) is 4.23. The van der Waals surface area contributed by atoms with Gasteiger partial charge >= 0.3 is 6.61 Å². The Morgan fingerprint density at radius 2 is 2.12 bits per heavy atom. The molecule has 0 bridgehead atoms. The Hall–Kier alpha value is -0.810. The fourth-order valence-corrected chi connectivity index (χ4v) is 3.17. The number of benzene rings is 1. The van der Waals surface area contributed by atoms with E-state index in [9.17, 15) is 8.78 Å². The lowest BCUT2D eigenvalue weighted by Gasteiger charge is -2.13. The highest BCUT2D eigenvalue weighted by atomic mass is 32.2. The molecular formula is C12H15F2NOS. The molecule has 0 aliphatic carbocycles. The van der Waals surface area contributed by atoms with Crippen molar-refractivity contribution >= 4 is 11.8 Å². The molecule has 1 aromatic rings. The van der Waals surface area contributed by atoms with Crippen LogP contribution in [-0.2, 0) is 0 Å². The van der Waals surface area contributed by atoms with Crippen LogP contribution in [0.15, 0.2) is 24.3 Å². The van der Waals surface area contributed by atoms with E-state index in [1.54, 1.807) is 12.1 Å². The Morgan fingerprint density at radius 1 is 1.41 bits per heavy atom. The minimum Gasteiger partial charge on any atom is -0.435 e. The second kappa shape index (κ2) is 5.69. The quantitative estimate of drug-likeness (QED) is 0.895. The summed E-state index contributed by atoms with van der Waals surface area (Å²) in [4.78, 5) is 0. The maximum absolute atomic E-state index is 12.0. The van der Waals surface area contributed by atoms with Crippen LogP contribution in [0.3, 0.4) is 0 Å². The summed E-state index contributed by atoms with van der Waals surface area (Å²) in [5, 5.41) is 3.76. The van der Waals surface area contributed by atoms with Crippen LogP contribution in [0.5, 0.6) is 5.75 Å². The van der Waals surface area contributed by atoms with E-state index in [2.05, 4.69) is 17.0 Å². The van der Waals surface area contributed by atoms with Crippen LogP contribution in [0.25, 0.3) is 0 Å². The molecule has 2 rings (SSSR count). The number of hydrogen-bond donors (Lipinski definition) is 1. The molecule has 1 aliphatic rings. The molecular weight excluding hydrogens is 244 g/mol. The van der Waals surface area contributed by atoms with Crippen LogP contribution in [0.4, 0.5) is 8.78 Å². The summed E-state index contributed by atoms with van der Waals surface area (Å²) in [5.74, 6) is 1.30. The number of ether oxygens (including phenoxy) is 1. The van der Waals surface area contributed by atoms with Gasteiger partial charge in [0.2, 0.25) is 0 Å². The third kappa shape index (κ3) is 3.33. The standard InChI is InChI=1S/C12H15F2NOS/c1-2-9-7-17-11(15-9)8-3-5-10(6-4-8)16-12(13)14/h3-6,9,11-12,15H,2,7H2,1H3. The molecule has 1 N–H and O–H groups in total. The number of nitrogens with one attached hydrogen (secondary N) is 1. The molecule has 1 saturated heterocycles. The molecule has 2 atom stereocenters. The average Bonchev–Trinajstić information content (AvgIpc) is 2.78. The van der Waals surface area contributed by atoms with Gasteiger partial charge in [-0.05, 0) is 24.1 Å². The smallest absolute Gasteiger partial charge is 0.387 e. The van der Waals surface area contributed by atoms with Crippen molar-refractivity contribution in [3.63, 3.8) is 0 Å². The van der Waals surface area contributed by atoms with E-state index in [-0.39, 0.29) is 11.1 Å². The first-order valence-electron chi connectivity index (χ1n) is 5.61. The molecule has 17 heavy (non-hydrogen) atoms. The van der Waals surface area contributed by atoms with Crippen molar-refractivity contribution in [3.8, 4) is 5.75 Å². The van der Waals surface area contributed by atoms with Gasteiger partial charge < -0.3 is 4.74 Å². The molecule has 0 saturated carbocycles. The lowest BCUT2D eigenvalue weighted by Crippen LogP contribution is -2.24. The number of halogens is 2. The molecule has 2 nitrogen and oxygen atoms in total. The third-order valence-corrected chi connectivity index (χ3v) is 4.09. The van der Waals surface area contributed by atoms with Crippen LogP contribution >= 0.6 is 11.8 Å². The molecule has 0 aromatic heterocycles. The summed E-state index contributed by atoms with van der Waals surface area (Å²) in [6.07, 6.45) is 1.11. The van der Waals surface area contributed by atoms with Crippen molar-refractivity contribution in [2.75, 3.05) is 5.75 Å². The van der Waals surface area contributed by atoms with Gasteiger partial charge in [0.25, 0.3) is 0 Å². The van der Waals surface area contributed by atoms with Crippen molar-refractivity contribution in [3.05, 3.63) is 29.8 Å². The Morgan fingerprint density at radius 3 is 2.65 bits per heavy atom. The van der Waals surface area contributed by atoms with Crippen molar-refractivity contribution in [1.82, 2.24) is 5.32 Å². The van der Waals surface area contributed by atoms with Crippen molar-refractivity contribution < 1.29 is 13.5 Å². The molecule has 0 radical (unpaired) electrons. The van der Waals surface area contributed by atoms with Gasteiger partial charge in [0.05, 0.1) is 5.37 Å². The summed E-state index contributed by atoms with van der Waals surface area (Å²) in [5.41, 5.74) is 1.10. The zero-order valence-electron chi connectivity index (χ0n) is 9.53. The highest BCUT2D eigenvalue weighted by Gasteiger charge is 2.23. The van der Waals surface area contributed by atoms with E-state index in [1.807, 2.05) is 23.9 Å². The summed E-state index contributed by atoms with van der Waals surface area (Å²) in [6.45, 7) is -0.607. The lowest BCUT2D eigenvalue weighted by atomic mass is 10.2. The molecule has 2 unspecified atom stereocenters. The summed E-state index contributed by atoms with van der Waals surface area (Å²) in [6, 6.07) is 7.38. The third-order valence-electron chi connectivity index (χ3n) is 2.75. The van der Waals surface area contributed by atoms with E-state index < -0.39 is 6.61 Å². The topological polar surface area (TPSA) is 21.3 Å². The monoisotopic (exact) mass is 259 g/mol. The first kappa shape index (κ1) is 12.6. The number of thioether (sulfide) groups is 1. The molecule has 0 amide bonds. The van der Waals surface area contributed by atoms with Crippen LogP contribution < -0.4 is 10.1 Å². The normalized spacial score (nSPS) is 24.2. The van der Waals surface area contributed by atoms with Crippen LogP contribution in [-0.4, -0.2) is 18.4 Å². The molecule has 1 fully saturated rings. The predicted molar refractivity (Wildman–Crippen MR) is 65.5 cm³/mol. The minimum absolute atomic E-state index is 0.207. The zero-order chi connectivity index (χ0) is 12.3. The Balaban J connectivity index is 1.98. The minimum atomic E-state index is -2.76. The van der Waals surface area contributed by atoms with Gasteiger partial charge in [0, 0.05) is 11.8 Å². The maximum Gasteiger partial charge on any atom is 0.387 e. The molecule has 1 heterocycles. The van der Waals surface area contributed by atoms with Crippen molar-refractivity contribution in [2.24, 2.45) is 0 Å². The molecule has 0 spiro atoms. The van der Waals surface area contributed by atoms with Gasteiger partial charge in [-0.15, -0.1) is 11.8 Å². The molecule has 5 heteroatoms. The predicted octanol–water partition coefficient (Wildman–Crippen LogP) is 3.40. The second-order valence-electron chi connectivity index (χ2n) is 3.93. The first-order valence-corrected chi connectivity index (χ1v) is 6.66. The molecule has 1 aromatic carbocycles. The van der Waals surface area contributed by atoms with Gasteiger partial charge in [-0.2, -0.15) is 8.78 Å². The van der Waals surface area contributed by atoms with E-state index in [4.69, 9.17) is 0 Å². The highest BCUT2D eigenvalue weighted by Crippen LogP contribution is 2.34. The van der Waals surface area contributed by atoms with Crippen LogP contribution in [0.1, 0.15) is 24.3 Å². The lowest BCUT2D eigenvalue weighted by molar-refractivity contribution is -0.0498. The van der Waals surface area contributed by atoms with Gasteiger partial charge in [0.15, 0.2) is 0 Å². The largest absolute Gasteiger partial charge is 0.435 e. The average molecular weight is 259 g/mol.